The molecule has 1 heterocycles. The standard InChI is InChI=1S/C13H25N3O.2ClH/c1-16(12-3-4-12)9-8-15-13(17)5-2-11-6-7-14-10-11;;/h11-12,14H,2-10H2,1H3,(H,15,17);2*1H. The minimum atomic E-state index is 0. The first-order chi connectivity index (χ1) is 8.25. The van der Waals surface area contributed by atoms with E-state index in [1.165, 1.54) is 19.3 Å². The average Bonchev–Trinajstić information content (AvgIpc) is 3.04. The molecular formula is C13H27Cl2N3O. The Bertz CT molecular complexity index is 256. The number of halogens is 2. The summed E-state index contributed by atoms with van der Waals surface area (Å²) in [5.74, 6) is 0.941. The molecule has 2 aliphatic rings. The van der Waals surface area contributed by atoms with Crippen LogP contribution in [0.2, 0.25) is 0 Å². The molecule has 1 saturated carbocycles. The van der Waals surface area contributed by atoms with Crippen molar-refractivity contribution in [3.05, 3.63) is 0 Å². The maximum atomic E-state index is 11.6. The monoisotopic (exact) mass is 311 g/mol. The van der Waals surface area contributed by atoms with E-state index < -0.39 is 0 Å². The molecule has 1 aliphatic heterocycles. The lowest BCUT2D eigenvalue weighted by atomic mass is 10.0. The lowest BCUT2D eigenvalue weighted by Crippen LogP contribution is -2.34. The molecule has 2 N–H and O–H groups in total. The summed E-state index contributed by atoms with van der Waals surface area (Å²) in [4.78, 5) is 14.0. The van der Waals surface area contributed by atoms with E-state index in [1.807, 2.05) is 0 Å². The third kappa shape index (κ3) is 7.35. The van der Waals surface area contributed by atoms with Crippen LogP contribution in [0.4, 0.5) is 0 Å². The number of hydrogen-bond acceptors (Lipinski definition) is 3. The van der Waals surface area contributed by atoms with Gasteiger partial charge in [0.05, 0.1) is 0 Å². The van der Waals surface area contributed by atoms with Crippen molar-refractivity contribution in [1.29, 1.82) is 0 Å². The van der Waals surface area contributed by atoms with Gasteiger partial charge in [-0.2, -0.15) is 0 Å². The molecular weight excluding hydrogens is 285 g/mol. The minimum absolute atomic E-state index is 0. The number of rotatable bonds is 7. The highest BCUT2D eigenvalue weighted by atomic mass is 35.5. The molecule has 1 aliphatic carbocycles. The Hall–Kier alpha value is -0.0300. The molecule has 0 radical (unpaired) electrons. The van der Waals surface area contributed by atoms with E-state index >= 15 is 0 Å². The number of hydrogen-bond donors (Lipinski definition) is 2. The van der Waals surface area contributed by atoms with Crippen molar-refractivity contribution in [2.24, 2.45) is 5.92 Å². The summed E-state index contributed by atoms with van der Waals surface area (Å²) in [6.07, 6.45) is 5.63. The maximum absolute atomic E-state index is 11.6. The van der Waals surface area contributed by atoms with Crippen LogP contribution in [-0.4, -0.2) is 50.1 Å². The lowest BCUT2D eigenvalue weighted by Gasteiger charge is -2.16. The predicted octanol–water partition coefficient (Wildman–Crippen LogP) is 1.43. The molecule has 1 saturated heterocycles. The van der Waals surface area contributed by atoms with E-state index in [0.717, 1.165) is 44.6 Å². The van der Waals surface area contributed by atoms with Gasteiger partial charge in [0.1, 0.15) is 0 Å². The van der Waals surface area contributed by atoms with Gasteiger partial charge in [0.25, 0.3) is 0 Å². The largest absolute Gasteiger partial charge is 0.355 e. The highest BCUT2D eigenvalue weighted by molar-refractivity contribution is 5.85. The van der Waals surface area contributed by atoms with Crippen LogP contribution in [0.25, 0.3) is 0 Å². The average molecular weight is 312 g/mol. The number of nitrogens with one attached hydrogen (secondary N) is 2. The maximum Gasteiger partial charge on any atom is 0.220 e. The van der Waals surface area contributed by atoms with Crippen molar-refractivity contribution in [2.45, 2.75) is 38.1 Å². The fourth-order valence-corrected chi connectivity index (χ4v) is 2.45. The van der Waals surface area contributed by atoms with Crippen LogP contribution in [-0.2, 0) is 4.79 Å². The van der Waals surface area contributed by atoms with Crippen LogP contribution < -0.4 is 10.6 Å². The molecule has 2 rings (SSSR count). The highest BCUT2D eigenvalue weighted by Crippen LogP contribution is 2.24. The fourth-order valence-electron chi connectivity index (χ4n) is 2.45. The van der Waals surface area contributed by atoms with Gasteiger partial charge in [0.2, 0.25) is 5.91 Å². The summed E-state index contributed by atoms with van der Waals surface area (Å²) < 4.78 is 0. The van der Waals surface area contributed by atoms with Gasteiger partial charge >= 0.3 is 0 Å². The zero-order chi connectivity index (χ0) is 12.1. The molecule has 1 unspecified atom stereocenters. The second-order valence-electron chi connectivity index (χ2n) is 5.46. The van der Waals surface area contributed by atoms with E-state index in [0.29, 0.717) is 6.42 Å². The Kier molecular flexibility index (Phi) is 9.79. The van der Waals surface area contributed by atoms with Crippen LogP contribution in [0.3, 0.4) is 0 Å². The Morgan fingerprint density at radius 3 is 2.63 bits per heavy atom. The molecule has 1 amide bonds. The van der Waals surface area contributed by atoms with E-state index in [-0.39, 0.29) is 30.7 Å². The van der Waals surface area contributed by atoms with Gasteiger partial charge < -0.3 is 15.5 Å². The smallest absolute Gasteiger partial charge is 0.220 e. The molecule has 19 heavy (non-hydrogen) atoms. The highest BCUT2D eigenvalue weighted by Gasteiger charge is 2.25. The second kappa shape index (κ2) is 9.81. The minimum Gasteiger partial charge on any atom is -0.355 e. The third-order valence-corrected chi connectivity index (χ3v) is 3.90. The number of carbonyl (C=O) groups is 1. The summed E-state index contributed by atoms with van der Waals surface area (Å²) in [6, 6.07) is 0.788. The topological polar surface area (TPSA) is 44.4 Å². The molecule has 2 fully saturated rings. The number of carbonyl (C=O) groups excluding carboxylic acids is 1. The van der Waals surface area contributed by atoms with Gasteiger partial charge in [-0.3, -0.25) is 4.79 Å². The molecule has 114 valence electrons. The molecule has 6 heteroatoms. The van der Waals surface area contributed by atoms with Gasteiger partial charge in [-0.15, -0.1) is 24.8 Å². The Morgan fingerprint density at radius 1 is 1.32 bits per heavy atom. The zero-order valence-electron chi connectivity index (χ0n) is 11.7. The first-order valence-corrected chi connectivity index (χ1v) is 6.93. The lowest BCUT2D eigenvalue weighted by molar-refractivity contribution is -0.121. The Morgan fingerprint density at radius 2 is 2.05 bits per heavy atom. The SMILES string of the molecule is CN(CCNC(=O)CCC1CCNC1)C1CC1.Cl.Cl. The quantitative estimate of drug-likeness (QED) is 0.747. The molecule has 0 aromatic carbocycles. The molecule has 0 aromatic heterocycles. The van der Waals surface area contributed by atoms with Gasteiger partial charge in [-0.1, -0.05) is 0 Å². The molecule has 0 aromatic rings. The van der Waals surface area contributed by atoms with Crippen LogP contribution in [0.15, 0.2) is 0 Å². The van der Waals surface area contributed by atoms with Crippen molar-refractivity contribution in [3.8, 4) is 0 Å². The summed E-state index contributed by atoms with van der Waals surface area (Å²) >= 11 is 0. The van der Waals surface area contributed by atoms with Gasteiger partial charge in [-0.25, -0.2) is 0 Å². The van der Waals surface area contributed by atoms with Crippen LogP contribution in [0, 0.1) is 5.92 Å². The number of amides is 1. The van der Waals surface area contributed by atoms with E-state index in [1.54, 1.807) is 0 Å². The van der Waals surface area contributed by atoms with E-state index in [4.69, 9.17) is 0 Å². The summed E-state index contributed by atoms with van der Waals surface area (Å²) in [6.45, 7) is 4.01. The number of nitrogens with zero attached hydrogens (tertiary/aromatic N) is 1. The summed E-state index contributed by atoms with van der Waals surface area (Å²) in [5, 5.41) is 6.35. The second-order valence-corrected chi connectivity index (χ2v) is 5.46. The van der Waals surface area contributed by atoms with Gasteiger partial charge in [0.15, 0.2) is 0 Å². The van der Waals surface area contributed by atoms with Crippen LogP contribution in [0.1, 0.15) is 32.1 Å². The number of likely N-dealkylation sites (N-methyl/N-ethyl adjacent to an activating group) is 1. The predicted molar refractivity (Wildman–Crippen MR) is 83.4 cm³/mol. The first kappa shape index (κ1) is 19.0. The fraction of sp³-hybridized carbons (Fsp3) is 0.923. The van der Waals surface area contributed by atoms with Crippen molar-refractivity contribution in [2.75, 3.05) is 33.2 Å². The van der Waals surface area contributed by atoms with Crippen molar-refractivity contribution in [1.82, 2.24) is 15.5 Å². The molecule has 0 bridgehead atoms. The third-order valence-electron chi connectivity index (χ3n) is 3.90. The van der Waals surface area contributed by atoms with E-state index in [2.05, 4.69) is 22.6 Å². The first-order valence-electron chi connectivity index (χ1n) is 6.93. The summed E-state index contributed by atoms with van der Waals surface area (Å²) in [5.41, 5.74) is 0. The van der Waals surface area contributed by atoms with Crippen molar-refractivity contribution >= 4 is 30.7 Å². The molecule has 0 spiro atoms. The Balaban J connectivity index is 0.00000162. The van der Waals surface area contributed by atoms with Crippen molar-refractivity contribution < 1.29 is 4.79 Å². The normalized spacial score (nSPS) is 21.7. The molecule has 1 atom stereocenters. The Labute approximate surface area is 128 Å². The van der Waals surface area contributed by atoms with Gasteiger partial charge in [0, 0.05) is 25.6 Å². The van der Waals surface area contributed by atoms with E-state index in [9.17, 15) is 4.79 Å². The van der Waals surface area contributed by atoms with Crippen LogP contribution in [0.5, 0.6) is 0 Å². The van der Waals surface area contributed by atoms with Crippen molar-refractivity contribution in [3.63, 3.8) is 0 Å². The van der Waals surface area contributed by atoms with Gasteiger partial charge in [-0.05, 0) is 51.7 Å². The summed E-state index contributed by atoms with van der Waals surface area (Å²) in [7, 11) is 2.15. The molecule has 4 nitrogen and oxygen atoms in total. The zero-order valence-corrected chi connectivity index (χ0v) is 13.3. The van der Waals surface area contributed by atoms with Crippen LogP contribution >= 0.6 is 24.8 Å².